The summed E-state index contributed by atoms with van der Waals surface area (Å²) in [5.74, 6) is 0.277. The fourth-order valence-electron chi connectivity index (χ4n) is 5.11. The molecule has 0 radical (unpaired) electrons. The Kier molecular flexibility index (Phi) is 7.29. The first kappa shape index (κ1) is 26.0. The number of rotatable bonds is 5. The topological polar surface area (TPSA) is 75.5 Å². The second-order valence-corrected chi connectivity index (χ2v) is 9.92. The molecule has 2 aromatic heterocycles. The normalized spacial score (nSPS) is 18.2. The van der Waals surface area contributed by atoms with Gasteiger partial charge in [0.1, 0.15) is 5.82 Å². The van der Waals surface area contributed by atoms with E-state index in [4.69, 9.17) is 9.72 Å². The Bertz CT molecular complexity index is 1300. The average Bonchev–Trinajstić information content (AvgIpc) is 3.53. The number of ether oxygens (including phenoxy) is 1. The third-order valence-electron chi connectivity index (χ3n) is 7.12. The van der Waals surface area contributed by atoms with Crippen LogP contribution in [-0.4, -0.2) is 71.3 Å². The summed E-state index contributed by atoms with van der Waals surface area (Å²) in [5, 5.41) is 7.18. The number of hydrogen-bond acceptors (Lipinski definition) is 5. The lowest BCUT2D eigenvalue weighted by molar-refractivity contribution is -0.143. The van der Waals surface area contributed by atoms with Crippen molar-refractivity contribution in [2.75, 3.05) is 49.6 Å². The molecule has 3 aromatic rings. The molecule has 4 heterocycles. The van der Waals surface area contributed by atoms with Crippen LogP contribution < -0.4 is 10.2 Å². The maximum absolute atomic E-state index is 12.9. The van der Waals surface area contributed by atoms with Crippen LogP contribution in [0.1, 0.15) is 18.4 Å². The molecule has 2 aliphatic rings. The van der Waals surface area contributed by atoms with E-state index in [1.54, 1.807) is 10.9 Å². The third kappa shape index (κ3) is 5.93. The van der Waals surface area contributed by atoms with Crippen LogP contribution in [0.2, 0.25) is 0 Å². The van der Waals surface area contributed by atoms with E-state index in [9.17, 15) is 18.0 Å². The number of morpholine rings is 1. The van der Waals surface area contributed by atoms with Crippen molar-refractivity contribution in [2.45, 2.75) is 25.9 Å². The van der Waals surface area contributed by atoms with Gasteiger partial charge in [-0.15, -0.1) is 0 Å². The molecule has 2 amide bonds. The number of carbonyl (C=O) groups is 1. The number of likely N-dealkylation sites (tertiary alicyclic amines) is 1. The molecule has 8 nitrogen and oxygen atoms in total. The molecular formula is C27H31F3N6O2. The number of hydrogen-bond donors (Lipinski definition) is 1. The van der Waals surface area contributed by atoms with E-state index in [1.807, 2.05) is 50.4 Å². The van der Waals surface area contributed by atoms with Crippen molar-refractivity contribution in [1.82, 2.24) is 19.7 Å². The molecule has 1 atom stereocenters. The number of carbonyl (C=O) groups excluding carboxylic acids is 1. The Balaban J connectivity index is 1.41. The number of halogens is 3. The Morgan fingerprint density at radius 2 is 1.92 bits per heavy atom. The predicted molar refractivity (Wildman–Crippen MR) is 139 cm³/mol. The van der Waals surface area contributed by atoms with Crippen molar-refractivity contribution in [3.63, 3.8) is 0 Å². The number of aromatic nitrogens is 3. The zero-order valence-electron chi connectivity index (χ0n) is 21.5. The first-order valence-electron chi connectivity index (χ1n) is 12.7. The standard InChI is InChI=1S/C27H31F3N6O2/c1-18-3-4-21(32-26(37)36-8-6-19(17-36)16-27(28,29)30)15-22(18)20-13-23(24-5-7-31-34(24)2)33-25(14-20)35-9-11-38-12-10-35/h3-5,7,13-15,19H,6,8-12,16-17H2,1-2H3,(H,32,37). The summed E-state index contributed by atoms with van der Waals surface area (Å²) in [6.07, 6.45) is -3.00. The van der Waals surface area contributed by atoms with Crippen LogP contribution in [0, 0.1) is 12.8 Å². The number of nitrogens with zero attached hydrogens (tertiary/aromatic N) is 5. The van der Waals surface area contributed by atoms with Gasteiger partial charge in [0.15, 0.2) is 0 Å². The summed E-state index contributed by atoms with van der Waals surface area (Å²) in [7, 11) is 1.87. The van der Waals surface area contributed by atoms with Gasteiger partial charge in [0.2, 0.25) is 0 Å². The number of amides is 2. The number of urea groups is 1. The van der Waals surface area contributed by atoms with Crippen molar-refractivity contribution >= 4 is 17.5 Å². The quantitative estimate of drug-likeness (QED) is 0.499. The Morgan fingerprint density at radius 1 is 1.13 bits per heavy atom. The minimum Gasteiger partial charge on any atom is -0.378 e. The van der Waals surface area contributed by atoms with E-state index in [1.165, 1.54) is 4.90 Å². The van der Waals surface area contributed by atoms with Crippen LogP contribution in [0.15, 0.2) is 42.6 Å². The highest BCUT2D eigenvalue weighted by atomic mass is 19.4. The number of anilines is 2. The summed E-state index contributed by atoms with van der Waals surface area (Å²) in [6, 6.07) is 11.2. The largest absolute Gasteiger partial charge is 0.389 e. The highest BCUT2D eigenvalue weighted by Crippen LogP contribution is 2.34. The van der Waals surface area contributed by atoms with Gasteiger partial charge in [0.05, 0.1) is 24.6 Å². The second kappa shape index (κ2) is 10.6. The molecule has 1 unspecified atom stereocenters. The summed E-state index contributed by atoms with van der Waals surface area (Å²) < 4.78 is 45.6. The Morgan fingerprint density at radius 3 is 2.63 bits per heavy atom. The molecule has 0 bridgehead atoms. The van der Waals surface area contributed by atoms with Crippen LogP contribution in [0.25, 0.3) is 22.5 Å². The van der Waals surface area contributed by atoms with E-state index in [-0.39, 0.29) is 12.6 Å². The molecule has 0 spiro atoms. The zero-order valence-corrected chi connectivity index (χ0v) is 21.5. The minimum absolute atomic E-state index is 0.103. The minimum atomic E-state index is -4.22. The number of nitrogens with one attached hydrogen (secondary N) is 1. The molecule has 5 rings (SSSR count). The third-order valence-corrected chi connectivity index (χ3v) is 7.12. The molecule has 2 saturated heterocycles. The average molecular weight is 529 g/mol. The van der Waals surface area contributed by atoms with Crippen LogP contribution in [-0.2, 0) is 11.8 Å². The van der Waals surface area contributed by atoms with Crippen LogP contribution in [0.4, 0.5) is 29.5 Å². The maximum Gasteiger partial charge on any atom is 0.389 e. The lowest BCUT2D eigenvalue weighted by Crippen LogP contribution is -2.36. The van der Waals surface area contributed by atoms with Gasteiger partial charge < -0.3 is 19.9 Å². The molecule has 2 fully saturated rings. The van der Waals surface area contributed by atoms with Crippen LogP contribution in [0.3, 0.4) is 0 Å². The van der Waals surface area contributed by atoms with Gasteiger partial charge in [-0.1, -0.05) is 6.07 Å². The number of pyridine rings is 1. The van der Waals surface area contributed by atoms with Crippen molar-refractivity contribution < 1.29 is 22.7 Å². The lowest BCUT2D eigenvalue weighted by Gasteiger charge is -2.28. The molecule has 0 saturated carbocycles. The predicted octanol–water partition coefficient (Wildman–Crippen LogP) is 5.10. The first-order valence-corrected chi connectivity index (χ1v) is 12.7. The van der Waals surface area contributed by atoms with E-state index >= 15 is 0 Å². The van der Waals surface area contributed by atoms with Crippen LogP contribution >= 0.6 is 0 Å². The fourth-order valence-corrected chi connectivity index (χ4v) is 5.11. The second-order valence-electron chi connectivity index (χ2n) is 9.92. The molecule has 1 N–H and O–H groups in total. The molecule has 202 valence electrons. The zero-order chi connectivity index (χ0) is 26.9. The molecule has 1 aromatic carbocycles. The van der Waals surface area contributed by atoms with Gasteiger partial charge in [0.25, 0.3) is 0 Å². The first-order chi connectivity index (χ1) is 18.2. The van der Waals surface area contributed by atoms with Crippen molar-refractivity contribution in [3.8, 4) is 22.5 Å². The van der Waals surface area contributed by atoms with E-state index < -0.39 is 18.5 Å². The molecule has 0 aliphatic carbocycles. The number of benzene rings is 1. The van der Waals surface area contributed by atoms with Gasteiger partial charge in [-0.3, -0.25) is 4.68 Å². The van der Waals surface area contributed by atoms with Gasteiger partial charge in [-0.2, -0.15) is 18.3 Å². The smallest absolute Gasteiger partial charge is 0.378 e. The van der Waals surface area contributed by atoms with E-state index in [0.29, 0.717) is 31.9 Å². The molecule has 11 heteroatoms. The van der Waals surface area contributed by atoms with Gasteiger partial charge in [0, 0.05) is 51.5 Å². The summed E-state index contributed by atoms with van der Waals surface area (Å²) in [4.78, 5) is 21.4. The SMILES string of the molecule is Cc1ccc(NC(=O)N2CCC(CC(F)(F)F)C2)cc1-c1cc(-c2ccnn2C)nc(N2CCOCC2)c1. The molecule has 38 heavy (non-hydrogen) atoms. The summed E-state index contributed by atoms with van der Waals surface area (Å²) >= 11 is 0. The molecule has 2 aliphatic heterocycles. The monoisotopic (exact) mass is 528 g/mol. The van der Waals surface area contributed by atoms with E-state index in [2.05, 4.69) is 15.3 Å². The van der Waals surface area contributed by atoms with Gasteiger partial charge >= 0.3 is 12.2 Å². The lowest BCUT2D eigenvalue weighted by atomic mass is 9.99. The Labute approximate surface area is 219 Å². The van der Waals surface area contributed by atoms with Crippen molar-refractivity contribution in [2.24, 2.45) is 13.0 Å². The number of alkyl halides is 3. The van der Waals surface area contributed by atoms with Gasteiger partial charge in [-0.05, 0) is 66.3 Å². The fraction of sp³-hybridized carbons (Fsp3) is 0.444. The Hall–Kier alpha value is -3.60. The highest BCUT2D eigenvalue weighted by molar-refractivity contribution is 5.91. The highest BCUT2D eigenvalue weighted by Gasteiger charge is 2.36. The molecular weight excluding hydrogens is 497 g/mol. The summed E-state index contributed by atoms with van der Waals surface area (Å²) in [5.41, 5.74) is 5.14. The van der Waals surface area contributed by atoms with Crippen molar-refractivity contribution in [3.05, 3.63) is 48.2 Å². The van der Waals surface area contributed by atoms with Crippen LogP contribution in [0.5, 0.6) is 0 Å². The van der Waals surface area contributed by atoms with E-state index in [0.717, 1.165) is 47.0 Å². The number of aryl methyl sites for hydroxylation is 2. The summed E-state index contributed by atoms with van der Waals surface area (Å²) in [6.45, 7) is 5.16. The maximum atomic E-state index is 12.9. The van der Waals surface area contributed by atoms with Gasteiger partial charge in [-0.25, -0.2) is 9.78 Å². The van der Waals surface area contributed by atoms with Crippen molar-refractivity contribution in [1.29, 1.82) is 0 Å².